The Balaban J connectivity index is 1.73. The van der Waals surface area contributed by atoms with E-state index in [-0.39, 0.29) is 11.6 Å². The minimum atomic E-state index is -0.397. The molecule has 1 aliphatic rings. The Kier molecular flexibility index (Phi) is 4.33. The third-order valence-corrected chi connectivity index (χ3v) is 4.26. The first-order valence-corrected chi connectivity index (χ1v) is 7.61. The van der Waals surface area contributed by atoms with Crippen molar-refractivity contribution in [2.75, 3.05) is 16.8 Å². The third-order valence-electron chi connectivity index (χ3n) is 3.52. The molecule has 1 aromatic heterocycles. The van der Waals surface area contributed by atoms with Gasteiger partial charge in [-0.25, -0.2) is 0 Å². The van der Waals surface area contributed by atoms with Crippen LogP contribution in [0.4, 0.5) is 11.5 Å². The van der Waals surface area contributed by atoms with Crippen molar-refractivity contribution >= 4 is 40.6 Å². The van der Waals surface area contributed by atoms with Gasteiger partial charge in [0.05, 0.1) is 10.0 Å². The summed E-state index contributed by atoms with van der Waals surface area (Å²) in [5, 5.41) is 20.2. The van der Waals surface area contributed by atoms with Gasteiger partial charge in [0.25, 0.3) is 0 Å². The van der Waals surface area contributed by atoms with Crippen LogP contribution in [0.15, 0.2) is 30.3 Å². The number of amides is 1. The zero-order valence-electron chi connectivity index (χ0n) is 11.8. The number of carbonyl (C=O) groups excluding carboxylic acids is 1. The highest BCUT2D eigenvalue weighted by Crippen LogP contribution is 2.30. The summed E-state index contributed by atoms with van der Waals surface area (Å²) in [6.45, 7) is 0.568. The lowest BCUT2D eigenvalue weighted by Crippen LogP contribution is -2.33. The van der Waals surface area contributed by atoms with Crippen LogP contribution in [0, 0.1) is 11.3 Å². The molecule has 116 valence electrons. The number of hydrogen-bond donors (Lipinski definition) is 1. The van der Waals surface area contributed by atoms with Crippen molar-refractivity contribution in [2.24, 2.45) is 0 Å². The van der Waals surface area contributed by atoms with Gasteiger partial charge in [-0.15, -0.1) is 10.2 Å². The van der Waals surface area contributed by atoms with Crippen LogP contribution in [0.2, 0.25) is 10.0 Å². The van der Waals surface area contributed by atoms with Gasteiger partial charge in [0.2, 0.25) is 5.91 Å². The SMILES string of the molecule is N#Cc1ccc(N[C@H]2CCN(c3ccc(Cl)c(Cl)c3)C2=O)nn1. The van der Waals surface area contributed by atoms with Crippen molar-refractivity contribution in [3.63, 3.8) is 0 Å². The van der Waals surface area contributed by atoms with Crippen molar-refractivity contribution in [3.05, 3.63) is 46.1 Å². The van der Waals surface area contributed by atoms with Crippen molar-refractivity contribution in [3.8, 4) is 6.07 Å². The normalized spacial score (nSPS) is 17.2. The lowest BCUT2D eigenvalue weighted by atomic mass is 10.2. The highest BCUT2D eigenvalue weighted by molar-refractivity contribution is 6.42. The maximum absolute atomic E-state index is 12.5. The zero-order valence-corrected chi connectivity index (χ0v) is 13.3. The first-order valence-electron chi connectivity index (χ1n) is 6.85. The molecule has 0 spiro atoms. The van der Waals surface area contributed by atoms with E-state index in [0.29, 0.717) is 34.5 Å². The van der Waals surface area contributed by atoms with Gasteiger partial charge < -0.3 is 10.2 Å². The maximum Gasteiger partial charge on any atom is 0.249 e. The van der Waals surface area contributed by atoms with Gasteiger partial charge >= 0.3 is 0 Å². The molecule has 1 N–H and O–H groups in total. The highest BCUT2D eigenvalue weighted by atomic mass is 35.5. The average Bonchev–Trinajstić information content (AvgIpc) is 2.92. The molecular formula is C15H11Cl2N5O. The van der Waals surface area contributed by atoms with Crippen molar-refractivity contribution in [2.45, 2.75) is 12.5 Å². The molecule has 3 rings (SSSR count). The third kappa shape index (κ3) is 3.21. The molecule has 2 aromatic rings. The van der Waals surface area contributed by atoms with Crippen molar-refractivity contribution in [1.29, 1.82) is 5.26 Å². The summed E-state index contributed by atoms with van der Waals surface area (Å²) in [6.07, 6.45) is 0.626. The largest absolute Gasteiger partial charge is 0.357 e. The predicted octanol–water partition coefficient (Wildman–Crippen LogP) is 2.87. The fraction of sp³-hybridized carbons (Fsp3) is 0.200. The van der Waals surface area contributed by atoms with Crippen molar-refractivity contribution in [1.82, 2.24) is 10.2 Å². The highest BCUT2D eigenvalue weighted by Gasteiger charge is 2.33. The van der Waals surface area contributed by atoms with Crippen LogP contribution in [0.3, 0.4) is 0 Å². The van der Waals surface area contributed by atoms with Crippen LogP contribution in [-0.4, -0.2) is 28.7 Å². The second-order valence-corrected chi connectivity index (χ2v) is 5.80. The molecule has 2 heterocycles. The number of halogens is 2. The Morgan fingerprint density at radius 2 is 2.04 bits per heavy atom. The molecule has 0 aliphatic carbocycles. The van der Waals surface area contributed by atoms with Gasteiger partial charge in [-0.2, -0.15) is 5.26 Å². The van der Waals surface area contributed by atoms with Crippen LogP contribution >= 0.6 is 23.2 Å². The molecule has 1 atom stereocenters. The van der Waals surface area contributed by atoms with Gasteiger partial charge in [0, 0.05) is 12.2 Å². The Hall–Kier alpha value is -2.36. The van der Waals surface area contributed by atoms with Crippen LogP contribution in [0.5, 0.6) is 0 Å². The fourth-order valence-electron chi connectivity index (χ4n) is 2.37. The Morgan fingerprint density at radius 3 is 2.70 bits per heavy atom. The molecule has 0 bridgehead atoms. The van der Waals surface area contributed by atoms with E-state index in [1.54, 1.807) is 35.2 Å². The maximum atomic E-state index is 12.5. The van der Waals surface area contributed by atoms with E-state index < -0.39 is 6.04 Å². The molecule has 6 nitrogen and oxygen atoms in total. The minimum Gasteiger partial charge on any atom is -0.357 e. The Bertz CT molecular complexity index is 787. The monoisotopic (exact) mass is 347 g/mol. The molecule has 1 aromatic carbocycles. The Labute approximate surface area is 142 Å². The number of anilines is 2. The summed E-state index contributed by atoms with van der Waals surface area (Å²) in [5.74, 6) is 0.382. The molecule has 1 amide bonds. The summed E-state index contributed by atoms with van der Waals surface area (Å²) in [5.41, 5.74) is 0.936. The Morgan fingerprint density at radius 1 is 1.22 bits per heavy atom. The summed E-state index contributed by atoms with van der Waals surface area (Å²) in [7, 11) is 0. The van der Waals surface area contributed by atoms with E-state index in [0.717, 1.165) is 0 Å². The number of nitriles is 1. The summed E-state index contributed by atoms with van der Waals surface area (Å²) < 4.78 is 0. The molecular weight excluding hydrogens is 337 g/mol. The van der Waals surface area contributed by atoms with E-state index in [4.69, 9.17) is 28.5 Å². The number of carbonyl (C=O) groups is 1. The van der Waals surface area contributed by atoms with E-state index in [9.17, 15) is 4.79 Å². The zero-order chi connectivity index (χ0) is 16.4. The van der Waals surface area contributed by atoms with Gasteiger partial charge in [-0.3, -0.25) is 4.79 Å². The quantitative estimate of drug-likeness (QED) is 0.922. The van der Waals surface area contributed by atoms with E-state index in [1.165, 1.54) is 0 Å². The second kappa shape index (κ2) is 6.41. The minimum absolute atomic E-state index is 0.0745. The number of nitrogens with zero attached hydrogens (tertiary/aromatic N) is 4. The lowest BCUT2D eigenvalue weighted by molar-refractivity contribution is -0.117. The van der Waals surface area contributed by atoms with E-state index in [1.807, 2.05) is 6.07 Å². The lowest BCUT2D eigenvalue weighted by Gasteiger charge is -2.18. The summed E-state index contributed by atoms with van der Waals surface area (Å²) in [6, 6.07) is 9.77. The number of hydrogen-bond acceptors (Lipinski definition) is 5. The molecule has 0 radical (unpaired) electrons. The van der Waals surface area contributed by atoms with Crippen LogP contribution in [0.1, 0.15) is 12.1 Å². The standard InChI is InChI=1S/C15H11Cl2N5O/c16-11-3-2-10(7-12(11)17)22-6-5-13(15(22)23)19-14-4-1-9(8-18)20-21-14/h1-4,7,13H,5-6H2,(H,19,21)/t13-/m0/s1. The molecule has 1 saturated heterocycles. The van der Waals surface area contributed by atoms with Crippen LogP contribution in [-0.2, 0) is 4.79 Å². The van der Waals surface area contributed by atoms with Crippen molar-refractivity contribution < 1.29 is 4.79 Å². The predicted molar refractivity (Wildman–Crippen MR) is 87.6 cm³/mol. The molecule has 23 heavy (non-hydrogen) atoms. The molecule has 1 fully saturated rings. The summed E-state index contributed by atoms with van der Waals surface area (Å²) >= 11 is 11.9. The average molecular weight is 348 g/mol. The van der Waals surface area contributed by atoms with Gasteiger partial charge in [-0.1, -0.05) is 23.2 Å². The number of aromatic nitrogens is 2. The number of rotatable bonds is 3. The first kappa shape index (κ1) is 15.5. The van der Waals surface area contributed by atoms with Gasteiger partial charge in [0.1, 0.15) is 17.9 Å². The van der Waals surface area contributed by atoms with Crippen LogP contribution in [0.25, 0.3) is 0 Å². The molecule has 0 unspecified atom stereocenters. The van der Waals surface area contributed by atoms with Gasteiger partial charge in [0.15, 0.2) is 5.69 Å². The van der Waals surface area contributed by atoms with E-state index in [2.05, 4.69) is 15.5 Å². The van der Waals surface area contributed by atoms with Crippen LogP contribution < -0.4 is 10.2 Å². The molecule has 1 aliphatic heterocycles. The second-order valence-electron chi connectivity index (χ2n) is 4.99. The topological polar surface area (TPSA) is 81.9 Å². The first-order chi connectivity index (χ1) is 11.1. The number of benzene rings is 1. The fourth-order valence-corrected chi connectivity index (χ4v) is 2.66. The van der Waals surface area contributed by atoms with E-state index >= 15 is 0 Å². The smallest absolute Gasteiger partial charge is 0.249 e. The summed E-state index contributed by atoms with van der Waals surface area (Å²) in [4.78, 5) is 14.2. The molecule has 8 heteroatoms. The van der Waals surface area contributed by atoms with Gasteiger partial charge in [-0.05, 0) is 36.8 Å². The molecule has 0 saturated carbocycles. The number of nitrogens with one attached hydrogen (secondary N) is 1.